The molecule has 4 rings (SSSR count). The van der Waals surface area contributed by atoms with Crippen LogP contribution in [0.1, 0.15) is 46.6 Å². The summed E-state index contributed by atoms with van der Waals surface area (Å²) in [6.07, 6.45) is 3.20. The molecule has 164 valence electrons. The van der Waals surface area contributed by atoms with Gasteiger partial charge in [-0.25, -0.2) is 14.3 Å². The second-order valence-electron chi connectivity index (χ2n) is 6.43. The zero-order chi connectivity index (χ0) is 21.7. The maximum absolute atomic E-state index is 11.5. The van der Waals surface area contributed by atoms with Crippen molar-refractivity contribution in [2.75, 3.05) is 39.6 Å². The lowest BCUT2D eigenvalue weighted by Crippen LogP contribution is -2.31. The highest BCUT2D eigenvalue weighted by Gasteiger charge is 2.27. The maximum Gasteiger partial charge on any atom is 0.342 e. The lowest BCUT2D eigenvalue weighted by Gasteiger charge is -2.26. The number of hydrogen-bond donors (Lipinski definition) is 0. The highest BCUT2D eigenvalue weighted by atomic mass is 79.9. The third-order valence-corrected chi connectivity index (χ3v) is 5.75. The van der Waals surface area contributed by atoms with Crippen molar-refractivity contribution >= 4 is 43.8 Å². The van der Waals surface area contributed by atoms with Gasteiger partial charge in [-0.1, -0.05) is 0 Å². The van der Waals surface area contributed by atoms with E-state index in [9.17, 15) is 9.59 Å². The van der Waals surface area contributed by atoms with Gasteiger partial charge in [0, 0.05) is 6.20 Å². The number of carbonyl (C=O) groups excluding carboxylic acids is 2. The van der Waals surface area contributed by atoms with Gasteiger partial charge in [0.15, 0.2) is 0 Å². The van der Waals surface area contributed by atoms with Crippen molar-refractivity contribution in [3.05, 3.63) is 32.7 Å². The van der Waals surface area contributed by atoms with Crippen LogP contribution in [0.3, 0.4) is 0 Å². The molecule has 2 fully saturated rings. The Balaban J connectivity index is 0.000000171. The van der Waals surface area contributed by atoms with E-state index >= 15 is 0 Å². The molecule has 10 nitrogen and oxygen atoms in total. The van der Waals surface area contributed by atoms with Crippen LogP contribution in [-0.4, -0.2) is 71.1 Å². The number of esters is 2. The molecule has 4 heterocycles. The number of halogens is 2. The summed E-state index contributed by atoms with van der Waals surface area (Å²) in [5.41, 5.74) is 0.924. The van der Waals surface area contributed by atoms with E-state index in [0.717, 1.165) is 0 Å². The minimum Gasteiger partial charge on any atom is -0.462 e. The first-order chi connectivity index (χ1) is 14.5. The highest BCUT2D eigenvalue weighted by Crippen LogP contribution is 2.25. The van der Waals surface area contributed by atoms with Crippen molar-refractivity contribution < 1.29 is 28.5 Å². The summed E-state index contributed by atoms with van der Waals surface area (Å²) < 4.78 is 24.6. The Morgan fingerprint density at radius 2 is 1.60 bits per heavy atom. The molecule has 0 radical (unpaired) electrons. The predicted octanol–water partition coefficient (Wildman–Crippen LogP) is 2.79. The predicted molar refractivity (Wildman–Crippen MR) is 111 cm³/mol. The van der Waals surface area contributed by atoms with Crippen LogP contribution in [0.25, 0.3) is 0 Å². The molecule has 0 unspecified atom stereocenters. The number of nitrogens with zero attached hydrogens (tertiary/aromatic N) is 4. The number of aromatic nitrogens is 4. The second kappa shape index (κ2) is 10.5. The summed E-state index contributed by atoms with van der Waals surface area (Å²) in [5, 5.41) is 8.32. The molecule has 0 aliphatic carbocycles. The van der Waals surface area contributed by atoms with Crippen LogP contribution in [0.2, 0.25) is 0 Å². The summed E-state index contributed by atoms with van der Waals surface area (Å²) in [6, 6.07) is 0.465. The Morgan fingerprint density at radius 3 is 2.10 bits per heavy atom. The summed E-state index contributed by atoms with van der Waals surface area (Å²) in [6.45, 7) is 6.86. The molecule has 0 spiro atoms. The van der Waals surface area contributed by atoms with Crippen LogP contribution in [-0.2, 0) is 18.9 Å². The van der Waals surface area contributed by atoms with E-state index in [1.165, 1.54) is 6.20 Å². The van der Waals surface area contributed by atoms with Gasteiger partial charge >= 0.3 is 11.9 Å². The van der Waals surface area contributed by atoms with Crippen LogP contribution in [0.15, 0.2) is 21.6 Å². The largest absolute Gasteiger partial charge is 0.462 e. The smallest absolute Gasteiger partial charge is 0.342 e. The summed E-state index contributed by atoms with van der Waals surface area (Å²) in [7, 11) is 0. The molecule has 2 aromatic heterocycles. The fourth-order valence-corrected chi connectivity index (χ4v) is 3.68. The van der Waals surface area contributed by atoms with Gasteiger partial charge in [0.2, 0.25) is 0 Å². The molecular formula is C18H22Br2N4O6. The zero-order valence-corrected chi connectivity index (χ0v) is 19.7. The molecule has 30 heavy (non-hydrogen) atoms. The normalized spacial score (nSPS) is 16.1. The molecule has 0 saturated carbocycles. The summed E-state index contributed by atoms with van der Waals surface area (Å²) in [5.74, 6) is -0.702. The molecule has 12 heteroatoms. The lowest BCUT2D eigenvalue weighted by atomic mass is 10.3. The monoisotopic (exact) mass is 548 g/mol. The Bertz CT molecular complexity index is 875. The first-order valence-electron chi connectivity index (χ1n) is 9.43. The zero-order valence-electron chi connectivity index (χ0n) is 16.5. The van der Waals surface area contributed by atoms with Crippen LogP contribution in [0.5, 0.6) is 0 Å². The molecule has 2 aliphatic rings. The molecule has 0 atom stereocenters. The number of rotatable bonds is 6. The van der Waals surface area contributed by atoms with Gasteiger partial charge in [-0.05, 0) is 45.7 Å². The minimum atomic E-state index is -0.351. The van der Waals surface area contributed by atoms with Crippen molar-refractivity contribution in [3.63, 3.8) is 0 Å². The standard InChI is InChI=1S/2C9H11BrN2O3/c1-2-15-9(13)7-3-12(11-8(7)10)6-4-14-5-6;1-2-15-9(13)7-3-11-12(8(7)10)6-4-14-5-6/h2*3,6H,2,4-5H2,1H3. The van der Waals surface area contributed by atoms with E-state index in [1.807, 2.05) is 0 Å². The van der Waals surface area contributed by atoms with Crippen LogP contribution in [0.4, 0.5) is 0 Å². The van der Waals surface area contributed by atoms with E-state index in [4.69, 9.17) is 18.9 Å². The van der Waals surface area contributed by atoms with Gasteiger partial charge in [0.05, 0.1) is 57.9 Å². The molecule has 2 aromatic rings. The lowest BCUT2D eigenvalue weighted by molar-refractivity contribution is -0.0297. The Hall–Kier alpha value is -1.76. The molecule has 0 amide bonds. The molecule has 0 aromatic carbocycles. The van der Waals surface area contributed by atoms with E-state index in [0.29, 0.717) is 60.0 Å². The van der Waals surface area contributed by atoms with Gasteiger partial charge < -0.3 is 18.9 Å². The average molecular weight is 550 g/mol. The Labute approximate surface area is 190 Å². The first-order valence-corrected chi connectivity index (χ1v) is 11.0. The van der Waals surface area contributed by atoms with Crippen LogP contribution in [0, 0.1) is 0 Å². The molecule has 0 N–H and O–H groups in total. The van der Waals surface area contributed by atoms with Crippen molar-refractivity contribution in [2.24, 2.45) is 0 Å². The first kappa shape index (κ1) is 22.9. The second-order valence-corrected chi connectivity index (χ2v) is 7.93. The topological polar surface area (TPSA) is 107 Å². The van der Waals surface area contributed by atoms with E-state index in [2.05, 4.69) is 42.1 Å². The molecule has 2 aliphatic heterocycles. The van der Waals surface area contributed by atoms with Crippen molar-refractivity contribution in [1.29, 1.82) is 0 Å². The Kier molecular flexibility index (Phi) is 8.03. The number of carbonyl (C=O) groups is 2. The minimum absolute atomic E-state index is 0.225. The Morgan fingerprint density at radius 1 is 1.03 bits per heavy atom. The highest BCUT2D eigenvalue weighted by molar-refractivity contribution is 9.10. The number of hydrogen-bond acceptors (Lipinski definition) is 8. The van der Waals surface area contributed by atoms with E-state index < -0.39 is 0 Å². The number of ether oxygens (including phenoxy) is 4. The average Bonchev–Trinajstić information content (AvgIpc) is 3.17. The summed E-state index contributed by atoms with van der Waals surface area (Å²) >= 11 is 6.58. The maximum atomic E-state index is 11.5. The van der Waals surface area contributed by atoms with Gasteiger partial charge in [0.1, 0.15) is 20.3 Å². The SMILES string of the molecule is CCOC(=O)c1cn(C2COC2)nc1Br.CCOC(=O)c1cnn(C2COC2)c1Br. The fraction of sp³-hybridized carbons (Fsp3) is 0.556. The van der Waals surface area contributed by atoms with Crippen molar-refractivity contribution in [1.82, 2.24) is 19.6 Å². The third kappa shape index (κ3) is 5.10. The van der Waals surface area contributed by atoms with Gasteiger partial charge in [-0.3, -0.25) is 4.68 Å². The van der Waals surface area contributed by atoms with Gasteiger partial charge in [-0.15, -0.1) is 0 Å². The summed E-state index contributed by atoms with van der Waals surface area (Å²) in [4.78, 5) is 22.9. The van der Waals surface area contributed by atoms with Crippen LogP contribution < -0.4 is 0 Å². The van der Waals surface area contributed by atoms with Crippen molar-refractivity contribution in [2.45, 2.75) is 25.9 Å². The molecule has 2 saturated heterocycles. The molecule has 0 bridgehead atoms. The van der Waals surface area contributed by atoms with E-state index in [-0.39, 0.29) is 24.0 Å². The van der Waals surface area contributed by atoms with Gasteiger partial charge in [-0.2, -0.15) is 10.2 Å². The van der Waals surface area contributed by atoms with Gasteiger partial charge in [0.25, 0.3) is 0 Å². The quantitative estimate of drug-likeness (QED) is 0.506. The fourth-order valence-electron chi connectivity index (χ4n) is 2.59. The van der Waals surface area contributed by atoms with E-state index in [1.54, 1.807) is 29.4 Å². The third-order valence-electron chi connectivity index (χ3n) is 4.37. The van der Waals surface area contributed by atoms with Crippen molar-refractivity contribution in [3.8, 4) is 0 Å². The molecular weight excluding hydrogens is 528 g/mol. The van der Waals surface area contributed by atoms with Crippen LogP contribution >= 0.6 is 31.9 Å².